The first kappa shape index (κ1) is 17.1. The fourth-order valence-electron chi connectivity index (χ4n) is 2.84. The van der Waals surface area contributed by atoms with Gasteiger partial charge in [0.05, 0.1) is 38.3 Å². The Morgan fingerprint density at radius 3 is 2.12 bits per heavy atom. The first-order valence-corrected chi connectivity index (χ1v) is 8.84. The number of carbonyl (C=O) groups is 1. The molecule has 0 saturated carbocycles. The molecule has 1 aliphatic rings. The number of hydrogen-bond acceptors (Lipinski definition) is 6. The first-order valence-electron chi connectivity index (χ1n) is 7.40. The van der Waals surface area contributed by atoms with E-state index in [9.17, 15) is 13.2 Å². The number of ether oxygens (including phenoxy) is 3. The number of amides is 1. The molecule has 0 N–H and O–H groups in total. The minimum atomic E-state index is -4.02. The topological polar surface area (TPSA) is 82.1 Å². The molecule has 0 saturated heterocycles. The lowest BCUT2D eigenvalue weighted by molar-refractivity contribution is -0.117. The van der Waals surface area contributed by atoms with Gasteiger partial charge >= 0.3 is 0 Å². The number of fused-ring (bicyclic) bond motifs is 1. The molecule has 0 spiro atoms. The Morgan fingerprint density at radius 1 is 0.960 bits per heavy atom. The predicted octanol–water partition coefficient (Wildman–Crippen LogP) is 1.99. The van der Waals surface area contributed by atoms with Crippen LogP contribution in [0.1, 0.15) is 5.56 Å². The van der Waals surface area contributed by atoms with Crippen molar-refractivity contribution in [3.8, 4) is 17.2 Å². The van der Waals surface area contributed by atoms with Crippen LogP contribution in [-0.2, 0) is 21.2 Å². The van der Waals surface area contributed by atoms with E-state index < -0.39 is 15.9 Å². The normalized spacial score (nSPS) is 15.5. The van der Waals surface area contributed by atoms with Crippen molar-refractivity contribution < 1.29 is 27.4 Å². The Morgan fingerprint density at radius 2 is 1.56 bits per heavy atom. The van der Waals surface area contributed by atoms with Crippen LogP contribution in [0.15, 0.2) is 41.3 Å². The molecule has 0 atom stereocenters. The summed E-state index contributed by atoms with van der Waals surface area (Å²) in [5.41, 5.74) is 0.616. The Hall–Kier alpha value is -2.74. The molecule has 1 heterocycles. The molecule has 0 unspecified atom stereocenters. The van der Waals surface area contributed by atoms with Gasteiger partial charge in [-0.1, -0.05) is 18.2 Å². The SMILES string of the molecule is COc1cc(N2C(=O)Cc3ccccc3S2(=O)=O)cc(OC)c1OC. The van der Waals surface area contributed by atoms with E-state index in [1.165, 1.54) is 39.5 Å². The van der Waals surface area contributed by atoms with Crippen molar-refractivity contribution in [2.24, 2.45) is 0 Å². The molecule has 0 radical (unpaired) electrons. The third kappa shape index (κ3) is 2.68. The largest absolute Gasteiger partial charge is 0.493 e. The van der Waals surface area contributed by atoms with Crippen LogP contribution in [0.3, 0.4) is 0 Å². The molecule has 3 rings (SSSR count). The average Bonchev–Trinajstić information content (AvgIpc) is 2.60. The maximum absolute atomic E-state index is 13.0. The standard InChI is InChI=1S/C17H17NO6S/c1-22-13-9-12(10-14(23-2)17(13)24-3)18-16(19)8-11-6-4-5-7-15(11)25(18,20)21/h4-7,9-10H,8H2,1-3H3. The minimum Gasteiger partial charge on any atom is -0.493 e. The predicted molar refractivity (Wildman–Crippen MR) is 90.9 cm³/mol. The second-order valence-electron chi connectivity index (χ2n) is 5.33. The Balaban J connectivity index is 2.21. The van der Waals surface area contributed by atoms with Crippen LogP contribution in [0.5, 0.6) is 17.2 Å². The maximum atomic E-state index is 13.0. The number of nitrogens with zero attached hydrogens (tertiary/aromatic N) is 1. The molecule has 132 valence electrons. The zero-order valence-corrected chi connectivity index (χ0v) is 14.8. The number of sulfonamides is 1. The van der Waals surface area contributed by atoms with Gasteiger partial charge in [0.15, 0.2) is 11.5 Å². The zero-order valence-electron chi connectivity index (χ0n) is 14.0. The molecule has 2 aromatic rings. The minimum absolute atomic E-state index is 0.00787. The van der Waals surface area contributed by atoms with E-state index in [-0.39, 0.29) is 28.5 Å². The van der Waals surface area contributed by atoms with E-state index >= 15 is 0 Å². The quantitative estimate of drug-likeness (QED) is 0.826. The molecular formula is C17H17NO6S. The summed E-state index contributed by atoms with van der Waals surface area (Å²) in [7, 11) is 0.260. The molecule has 7 nitrogen and oxygen atoms in total. The van der Waals surface area contributed by atoms with Crippen molar-refractivity contribution in [1.82, 2.24) is 0 Å². The van der Waals surface area contributed by atoms with Crippen molar-refractivity contribution >= 4 is 21.6 Å². The summed E-state index contributed by atoms with van der Waals surface area (Å²) in [6.07, 6.45) is -0.00787. The molecule has 0 aromatic heterocycles. The molecule has 8 heteroatoms. The Bertz CT molecular complexity index is 913. The number of benzene rings is 2. The maximum Gasteiger partial charge on any atom is 0.271 e. The van der Waals surface area contributed by atoms with Gasteiger partial charge in [-0.05, 0) is 11.6 Å². The first-order chi connectivity index (χ1) is 11.9. The number of rotatable bonds is 4. The van der Waals surface area contributed by atoms with Gasteiger partial charge in [-0.2, -0.15) is 0 Å². The molecule has 1 amide bonds. The summed E-state index contributed by atoms with van der Waals surface area (Å²) in [6.45, 7) is 0. The molecule has 25 heavy (non-hydrogen) atoms. The second kappa shape index (κ2) is 6.29. The van der Waals surface area contributed by atoms with E-state index in [0.29, 0.717) is 11.3 Å². The van der Waals surface area contributed by atoms with Crippen LogP contribution in [0.25, 0.3) is 0 Å². The molecule has 0 bridgehead atoms. The van der Waals surface area contributed by atoms with Crippen LogP contribution in [0, 0.1) is 0 Å². The molecule has 0 fully saturated rings. The smallest absolute Gasteiger partial charge is 0.271 e. The van der Waals surface area contributed by atoms with E-state index in [2.05, 4.69) is 0 Å². The highest BCUT2D eigenvalue weighted by Crippen LogP contribution is 2.43. The highest BCUT2D eigenvalue weighted by molar-refractivity contribution is 7.93. The number of carbonyl (C=O) groups excluding carboxylic acids is 1. The Labute approximate surface area is 145 Å². The summed E-state index contributed by atoms with van der Waals surface area (Å²) >= 11 is 0. The number of methoxy groups -OCH3 is 3. The molecule has 2 aromatic carbocycles. The van der Waals surface area contributed by atoms with Crippen molar-refractivity contribution in [3.63, 3.8) is 0 Å². The summed E-state index contributed by atoms with van der Waals surface area (Å²) in [6, 6.07) is 9.32. The van der Waals surface area contributed by atoms with E-state index in [0.717, 1.165) is 4.31 Å². The lowest BCUT2D eigenvalue weighted by Gasteiger charge is -2.29. The van der Waals surface area contributed by atoms with Gasteiger partial charge in [-0.3, -0.25) is 4.79 Å². The van der Waals surface area contributed by atoms with Gasteiger partial charge in [-0.25, -0.2) is 12.7 Å². The third-order valence-electron chi connectivity index (χ3n) is 3.94. The van der Waals surface area contributed by atoms with Crippen LogP contribution in [0.4, 0.5) is 5.69 Å². The third-order valence-corrected chi connectivity index (χ3v) is 5.79. The second-order valence-corrected chi connectivity index (χ2v) is 7.09. The van der Waals surface area contributed by atoms with Crippen molar-refractivity contribution in [2.45, 2.75) is 11.3 Å². The summed E-state index contributed by atoms with van der Waals surface area (Å²) in [5.74, 6) is 0.293. The summed E-state index contributed by atoms with van der Waals surface area (Å²) in [4.78, 5) is 12.7. The van der Waals surface area contributed by atoms with Crippen molar-refractivity contribution in [2.75, 3.05) is 25.6 Å². The van der Waals surface area contributed by atoms with Crippen LogP contribution < -0.4 is 18.5 Å². The van der Waals surface area contributed by atoms with Gasteiger partial charge in [0, 0.05) is 12.1 Å². The lowest BCUT2D eigenvalue weighted by Crippen LogP contribution is -2.42. The van der Waals surface area contributed by atoms with Crippen LogP contribution >= 0.6 is 0 Å². The molecule has 1 aliphatic heterocycles. The zero-order chi connectivity index (χ0) is 18.2. The van der Waals surface area contributed by atoms with Gasteiger partial charge in [0.1, 0.15) is 0 Å². The van der Waals surface area contributed by atoms with Crippen molar-refractivity contribution in [1.29, 1.82) is 0 Å². The van der Waals surface area contributed by atoms with Crippen LogP contribution in [-0.4, -0.2) is 35.7 Å². The lowest BCUT2D eigenvalue weighted by atomic mass is 10.1. The summed E-state index contributed by atoms with van der Waals surface area (Å²) in [5, 5.41) is 0. The molecule has 0 aliphatic carbocycles. The van der Waals surface area contributed by atoms with E-state index in [1.54, 1.807) is 18.2 Å². The average molecular weight is 363 g/mol. The van der Waals surface area contributed by atoms with Gasteiger partial charge < -0.3 is 14.2 Å². The monoisotopic (exact) mass is 363 g/mol. The highest BCUT2D eigenvalue weighted by Gasteiger charge is 2.38. The summed E-state index contributed by atoms with van der Waals surface area (Å²) < 4.78 is 42.4. The van der Waals surface area contributed by atoms with Gasteiger partial charge in [-0.15, -0.1) is 0 Å². The van der Waals surface area contributed by atoms with Crippen LogP contribution in [0.2, 0.25) is 0 Å². The highest BCUT2D eigenvalue weighted by atomic mass is 32.2. The van der Waals surface area contributed by atoms with E-state index in [4.69, 9.17) is 14.2 Å². The fourth-order valence-corrected chi connectivity index (χ4v) is 4.47. The van der Waals surface area contributed by atoms with E-state index in [1.807, 2.05) is 0 Å². The number of hydrogen-bond donors (Lipinski definition) is 0. The Kier molecular flexibility index (Phi) is 4.30. The van der Waals surface area contributed by atoms with Gasteiger partial charge in [0.2, 0.25) is 11.7 Å². The van der Waals surface area contributed by atoms with Crippen molar-refractivity contribution in [3.05, 3.63) is 42.0 Å². The molecular weight excluding hydrogens is 346 g/mol. The fraction of sp³-hybridized carbons (Fsp3) is 0.235. The number of anilines is 1. The van der Waals surface area contributed by atoms with Gasteiger partial charge in [0.25, 0.3) is 10.0 Å².